The lowest BCUT2D eigenvalue weighted by molar-refractivity contribution is -0.128. The Balaban J connectivity index is 2.42. The maximum absolute atomic E-state index is 12.4. The predicted molar refractivity (Wildman–Crippen MR) is 85.3 cm³/mol. The van der Waals surface area contributed by atoms with Crippen molar-refractivity contribution in [3.63, 3.8) is 0 Å². The summed E-state index contributed by atoms with van der Waals surface area (Å²) in [5.41, 5.74) is -0.523. The van der Waals surface area contributed by atoms with E-state index in [1.54, 1.807) is 54.6 Å². The van der Waals surface area contributed by atoms with E-state index in [0.717, 1.165) is 0 Å². The smallest absolute Gasteiger partial charge is 0.164 e. The van der Waals surface area contributed by atoms with Crippen molar-refractivity contribution in [1.29, 1.82) is 0 Å². The number of ketones is 2. The van der Waals surface area contributed by atoms with Crippen molar-refractivity contribution in [1.82, 2.24) is 0 Å². The Morgan fingerprint density at radius 3 is 2.14 bits per heavy atom. The summed E-state index contributed by atoms with van der Waals surface area (Å²) < 4.78 is 0. The van der Waals surface area contributed by atoms with E-state index in [4.69, 9.17) is 11.6 Å². The SMILES string of the molecule is CC(=O)C(C=O)(CC(=O)c1ccccc1)c1ccc(Cl)cc1. The van der Waals surface area contributed by atoms with Crippen molar-refractivity contribution in [2.24, 2.45) is 0 Å². The molecule has 0 aliphatic carbocycles. The van der Waals surface area contributed by atoms with E-state index in [-0.39, 0.29) is 18.0 Å². The number of hydrogen-bond acceptors (Lipinski definition) is 3. The molecule has 0 heterocycles. The maximum Gasteiger partial charge on any atom is 0.164 e. The second-order valence-electron chi connectivity index (χ2n) is 5.12. The third kappa shape index (κ3) is 3.15. The van der Waals surface area contributed by atoms with Gasteiger partial charge in [-0.15, -0.1) is 0 Å². The maximum atomic E-state index is 12.4. The largest absolute Gasteiger partial charge is 0.302 e. The lowest BCUT2D eigenvalue weighted by atomic mass is 9.74. The van der Waals surface area contributed by atoms with Crippen LogP contribution in [0.2, 0.25) is 5.02 Å². The van der Waals surface area contributed by atoms with Crippen LogP contribution in [-0.2, 0) is 15.0 Å². The van der Waals surface area contributed by atoms with E-state index in [0.29, 0.717) is 22.4 Å². The predicted octanol–water partition coefficient (Wildman–Crippen LogP) is 3.64. The fourth-order valence-electron chi connectivity index (χ4n) is 2.35. The van der Waals surface area contributed by atoms with Gasteiger partial charge in [0.1, 0.15) is 17.5 Å². The van der Waals surface area contributed by atoms with Crippen LogP contribution in [-0.4, -0.2) is 17.9 Å². The molecular formula is C18H15ClO3. The molecule has 2 aromatic rings. The van der Waals surface area contributed by atoms with Crippen molar-refractivity contribution < 1.29 is 14.4 Å². The zero-order valence-electron chi connectivity index (χ0n) is 12.1. The Hall–Kier alpha value is -2.26. The lowest BCUT2D eigenvalue weighted by Gasteiger charge is -2.25. The summed E-state index contributed by atoms with van der Waals surface area (Å²) in [5.74, 6) is -0.619. The molecule has 1 atom stereocenters. The zero-order chi connectivity index (χ0) is 16.2. The van der Waals surface area contributed by atoms with Gasteiger partial charge in [0.05, 0.1) is 0 Å². The number of carbonyl (C=O) groups is 3. The summed E-state index contributed by atoms with van der Waals surface area (Å²) >= 11 is 5.85. The van der Waals surface area contributed by atoms with Crippen molar-refractivity contribution in [2.75, 3.05) is 0 Å². The first-order chi connectivity index (χ1) is 10.5. The molecule has 3 nitrogen and oxygen atoms in total. The third-order valence-corrected chi connectivity index (χ3v) is 3.98. The fourth-order valence-corrected chi connectivity index (χ4v) is 2.48. The van der Waals surface area contributed by atoms with E-state index >= 15 is 0 Å². The molecule has 0 aromatic heterocycles. The molecule has 0 saturated carbocycles. The lowest BCUT2D eigenvalue weighted by Crippen LogP contribution is -2.38. The van der Waals surface area contributed by atoms with Gasteiger partial charge in [-0.05, 0) is 24.6 Å². The summed E-state index contributed by atoms with van der Waals surface area (Å²) in [6.45, 7) is 1.32. The molecule has 0 bridgehead atoms. The normalized spacial score (nSPS) is 13.2. The van der Waals surface area contributed by atoms with Crippen molar-refractivity contribution in [3.8, 4) is 0 Å². The minimum Gasteiger partial charge on any atom is -0.302 e. The Morgan fingerprint density at radius 2 is 1.64 bits per heavy atom. The highest BCUT2D eigenvalue weighted by atomic mass is 35.5. The van der Waals surface area contributed by atoms with Gasteiger partial charge in [-0.1, -0.05) is 54.1 Å². The molecule has 0 aliphatic heterocycles. The van der Waals surface area contributed by atoms with Crippen LogP contribution < -0.4 is 0 Å². The molecule has 2 aromatic carbocycles. The molecule has 0 saturated heterocycles. The highest BCUT2D eigenvalue weighted by Gasteiger charge is 2.39. The molecule has 0 aliphatic rings. The Bertz CT molecular complexity index is 692. The molecule has 0 fully saturated rings. The Labute approximate surface area is 133 Å². The number of rotatable bonds is 6. The molecule has 22 heavy (non-hydrogen) atoms. The molecule has 112 valence electrons. The van der Waals surface area contributed by atoms with Crippen LogP contribution in [0.25, 0.3) is 0 Å². The molecule has 0 spiro atoms. The average molecular weight is 315 g/mol. The topological polar surface area (TPSA) is 51.2 Å². The third-order valence-electron chi connectivity index (χ3n) is 3.72. The van der Waals surface area contributed by atoms with E-state index in [1.807, 2.05) is 0 Å². The van der Waals surface area contributed by atoms with Crippen LogP contribution >= 0.6 is 11.6 Å². The average Bonchev–Trinajstić information content (AvgIpc) is 2.54. The highest BCUT2D eigenvalue weighted by Crippen LogP contribution is 2.30. The summed E-state index contributed by atoms with van der Waals surface area (Å²) in [4.78, 5) is 36.3. The Morgan fingerprint density at radius 1 is 1.05 bits per heavy atom. The van der Waals surface area contributed by atoms with Gasteiger partial charge in [-0.3, -0.25) is 9.59 Å². The van der Waals surface area contributed by atoms with E-state index in [9.17, 15) is 14.4 Å². The molecular weight excluding hydrogens is 300 g/mol. The van der Waals surface area contributed by atoms with Crippen molar-refractivity contribution in [3.05, 3.63) is 70.7 Å². The van der Waals surface area contributed by atoms with Gasteiger partial charge in [0.15, 0.2) is 5.78 Å². The minimum atomic E-state index is -1.47. The number of carbonyl (C=O) groups excluding carboxylic acids is 3. The second kappa shape index (κ2) is 6.67. The monoisotopic (exact) mass is 314 g/mol. The van der Waals surface area contributed by atoms with Crippen LogP contribution in [0.1, 0.15) is 29.3 Å². The first-order valence-corrected chi connectivity index (χ1v) is 7.19. The van der Waals surface area contributed by atoms with E-state index < -0.39 is 5.41 Å². The number of halogens is 1. The summed E-state index contributed by atoms with van der Waals surface area (Å²) in [6.07, 6.45) is 0.358. The standard InChI is InChI=1S/C18H15ClO3/c1-13(21)18(12-20,15-7-9-16(19)10-8-15)11-17(22)14-5-3-2-4-6-14/h2-10,12H,11H2,1H3. The summed E-state index contributed by atoms with van der Waals surface area (Å²) in [6, 6.07) is 15.0. The highest BCUT2D eigenvalue weighted by molar-refractivity contribution is 6.30. The van der Waals surface area contributed by atoms with Crippen LogP contribution in [0.15, 0.2) is 54.6 Å². The van der Waals surface area contributed by atoms with Gasteiger partial charge in [0.25, 0.3) is 0 Å². The molecule has 0 N–H and O–H groups in total. The van der Waals surface area contributed by atoms with E-state index in [2.05, 4.69) is 0 Å². The molecule has 4 heteroatoms. The zero-order valence-corrected chi connectivity index (χ0v) is 12.8. The fraction of sp³-hybridized carbons (Fsp3) is 0.167. The van der Waals surface area contributed by atoms with Crippen LogP contribution in [0.3, 0.4) is 0 Å². The van der Waals surface area contributed by atoms with Crippen LogP contribution in [0, 0.1) is 0 Å². The quantitative estimate of drug-likeness (QED) is 0.464. The van der Waals surface area contributed by atoms with Gasteiger partial charge in [0, 0.05) is 17.0 Å². The second-order valence-corrected chi connectivity index (χ2v) is 5.55. The first-order valence-electron chi connectivity index (χ1n) is 6.81. The molecule has 1 unspecified atom stereocenters. The van der Waals surface area contributed by atoms with E-state index in [1.165, 1.54) is 6.92 Å². The van der Waals surface area contributed by atoms with Crippen LogP contribution in [0.5, 0.6) is 0 Å². The number of aldehydes is 1. The minimum absolute atomic E-state index is 0.197. The summed E-state index contributed by atoms with van der Waals surface area (Å²) in [7, 11) is 0. The van der Waals surface area contributed by atoms with Gasteiger partial charge < -0.3 is 4.79 Å². The van der Waals surface area contributed by atoms with Crippen molar-refractivity contribution in [2.45, 2.75) is 18.8 Å². The number of benzene rings is 2. The Kier molecular flexibility index (Phi) is 4.88. The first kappa shape index (κ1) is 16.1. The van der Waals surface area contributed by atoms with Gasteiger partial charge in [0.2, 0.25) is 0 Å². The summed E-state index contributed by atoms with van der Waals surface area (Å²) in [5, 5.41) is 0.501. The van der Waals surface area contributed by atoms with Crippen LogP contribution in [0.4, 0.5) is 0 Å². The van der Waals surface area contributed by atoms with Crippen molar-refractivity contribution >= 4 is 29.5 Å². The van der Waals surface area contributed by atoms with Gasteiger partial charge >= 0.3 is 0 Å². The number of hydrogen-bond donors (Lipinski definition) is 0. The molecule has 0 amide bonds. The number of Topliss-reactive ketones (excluding diaryl/α,β-unsaturated/α-hetero) is 2. The van der Waals surface area contributed by atoms with Gasteiger partial charge in [-0.25, -0.2) is 0 Å². The molecule has 2 rings (SSSR count). The molecule has 0 radical (unpaired) electrons. The van der Waals surface area contributed by atoms with Gasteiger partial charge in [-0.2, -0.15) is 0 Å².